The summed E-state index contributed by atoms with van der Waals surface area (Å²) in [5.74, 6) is 1.35. The predicted octanol–water partition coefficient (Wildman–Crippen LogP) is 3.50. The maximum absolute atomic E-state index is 15.1. The number of hydrogen-bond donors (Lipinski definition) is 1. The van der Waals surface area contributed by atoms with Crippen molar-refractivity contribution in [2.24, 2.45) is 5.92 Å². The number of nitrogens with one attached hydrogen (secondary N) is 1. The lowest BCUT2D eigenvalue weighted by molar-refractivity contribution is 0.102. The Morgan fingerprint density at radius 1 is 1.23 bits per heavy atom. The molecule has 8 nitrogen and oxygen atoms in total. The van der Waals surface area contributed by atoms with E-state index in [4.69, 9.17) is 0 Å². The van der Waals surface area contributed by atoms with E-state index in [0.29, 0.717) is 37.6 Å². The summed E-state index contributed by atoms with van der Waals surface area (Å²) in [5.41, 5.74) is 1.39. The van der Waals surface area contributed by atoms with Crippen LogP contribution in [0.3, 0.4) is 0 Å². The number of fused-ring (bicyclic) bond motifs is 1. The van der Waals surface area contributed by atoms with Crippen LogP contribution in [0.15, 0.2) is 24.8 Å². The van der Waals surface area contributed by atoms with Gasteiger partial charge in [-0.05, 0) is 32.6 Å². The number of nitrogens with zero attached hydrogens (tertiary/aromatic N) is 6. The molecule has 5 rings (SSSR count). The van der Waals surface area contributed by atoms with Crippen molar-refractivity contribution in [2.45, 2.75) is 51.6 Å². The van der Waals surface area contributed by atoms with E-state index >= 15 is 4.39 Å². The number of rotatable bonds is 6. The Balaban J connectivity index is 1.24. The van der Waals surface area contributed by atoms with E-state index in [0.717, 1.165) is 29.4 Å². The molecule has 1 aliphatic heterocycles. The third kappa shape index (κ3) is 4.22. The van der Waals surface area contributed by atoms with Crippen LogP contribution in [0.25, 0.3) is 5.65 Å². The van der Waals surface area contributed by atoms with Crippen molar-refractivity contribution < 1.29 is 9.18 Å². The molecule has 31 heavy (non-hydrogen) atoms. The first kappa shape index (κ1) is 19.8. The normalized spacial score (nSPS) is 21.1. The van der Waals surface area contributed by atoms with E-state index in [2.05, 4.69) is 25.3 Å². The average molecular weight is 423 g/mol. The SMILES string of the molecule is Cc1cn2cc(NC(=O)c3cnc(N4CCC(F)(CCC5CC5)C4)cn3)nc(C)c2n1. The second kappa shape index (κ2) is 7.55. The Hall–Kier alpha value is -3.10. The van der Waals surface area contributed by atoms with Crippen molar-refractivity contribution in [3.05, 3.63) is 41.9 Å². The largest absolute Gasteiger partial charge is 0.352 e. The zero-order valence-electron chi connectivity index (χ0n) is 17.8. The van der Waals surface area contributed by atoms with Crippen LogP contribution in [0.4, 0.5) is 16.0 Å². The number of hydrogen-bond acceptors (Lipinski definition) is 6. The molecule has 1 saturated carbocycles. The average Bonchev–Trinajstić information content (AvgIpc) is 3.38. The van der Waals surface area contributed by atoms with Gasteiger partial charge in [0.05, 0.1) is 36.5 Å². The van der Waals surface area contributed by atoms with E-state index in [-0.39, 0.29) is 5.69 Å². The Morgan fingerprint density at radius 3 is 2.81 bits per heavy atom. The van der Waals surface area contributed by atoms with E-state index in [1.807, 2.05) is 29.3 Å². The summed E-state index contributed by atoms with van der Waals surface area (Å²) in [6, 6.07) is 0. The van der Waals surface area contributed by atoms with Crippen molar-refractivity contribution in [3.63, 3.8) is 0 Å². The van der Waals surface area contributed by atoms with Gasteiger partial charge in [-0.2, -0.15) is 0 Å². The molecule has 0 bridgehead atoms. The Morgan fingerprint density at radius 2 is 2.06 bits per heavy atom. The molecule has 3 aromatic rings. The minimum atomic E-state index is -1.14. The van der Waals surface area contributed by atoms with Crippen molar-refractivity contribution in [3.8, 4) is 0 Å². The summed E-state index contributed by atoms with van der Waals surface area (Å²) >= 11 is 0. The quantitative estimate of drug-likeness (QED) is 0.653. The molecule has 1 aliphatic carbocycles. The maximum atomic E-state index is 15.1. The Labute approximate surface area is 179 Å². The van der Waals surface area contributed by atoms with Gasteiger partial charge in [0.25, 0.3) is 5.91 Å². The lowest BCUT2D eigenvalue weighted by Crippen LogP contribution is -2.29. The first-order valence-corrected chi connectivity index (χ1v) is 10.8. The van der Waals surface area contributed by atoms with E-state index in [9.17, 15) is 4.79 Å². The number of alkyl halides is 1. The number of anilines is 2. The van der Waals surface area contributed by atoms with Crippen LogP contribution in [0, 0.1) is 19.8 Å². The van der Waals surface area contributed by atoms with Gasteiger partial charge < -0.3 is 14.6 Å². The highest BCUT2D eigenvalue weighted by atomic mass is 19.1. The highest BCUT2D eigenvalue weighted by Crippen LogP contribution is 2.39. The van der Waals surface area contributed by atoms with Gasteiger partial charge in [-0.25, -0.2) is 24.3 Å². The maximum Gasteiger partial charge on any atom is 0.277 e. The molecule has 1 amide bonds. The van der Waals surface area contributed by atoms with Crippen LogP contribution in [-0.4, -0.2) is 49.0 Å². The van der Waals surface area contributed by atoms with Gasteiger partial charge in [0.15, 0.2) is 5.65 Å². The number of amides is 1. The van der Waals surface area contributed by atoms with E-state index < -0.39 is 11.6 Å². The zero-order chi connectivity index (χ0) is 21.6. The third-order valence-corrected chi connectivity index (χ3v) is 6.16. The molecule has 0 aromatic carbocycles. The topological polar surface area (TPSA) is 88.3 Å². The number of aromatic nitrogens is 5. The van der Waals surface area contributed by atoms with Gasteiger partial charge in [-0.3, -0.25) is 4.79 Å². The number of carbonyl (C=O) groups is 1. The van der Waals surface area contributed by atoms with Crippen molar-refractivity contribution in [2.75, 3.05) is 23.3 Å². The summed E-state index contributed by atoms with van der Waals surface area (Å²) in [4.78, 5) is 31.9. The lowest BCUT2D eigenvalue weighted by Gasteiger charge is -2.21. The summed E-state index contributed by atoms with van der Waals surface area (Å²) < 4.78 is 16.9. The highest BCUT2D eigenvalue weighted by molar-refractivity contribution is 6.02. The second-order valence-electron chi connectivity index (χ2n) is 8.84. The molecule has 1 unspecified atom stereocenters. The fourth-order valence-electron chi connectivity index (χ4n) is 4.22. The monoisotopic (exact) mass is 423 g/mol. The number of halogens is 1. The summed E-state index contributed by atoms with van der Waals surface area (Å²) in [7, 11) is 0. The molecule has 1 saturated heterocycles. The van der Waals surface area contributed by atoms with Crippen LogP contribution in [0.2, 0.25) is 0 Å². The molecule has 162 valence electrons. The van der Waals surface area contributed by atoms with Gasteiger partial charge >= 0.3 is 0 Å². The standard InChI is InChI=1S/C22H26FN7O/c1-14-11-30-12-18(27-15(2)20(30)26-14)28-21(31)17-9-25-19(10-24-17)29-8-7-22(23,13-29)6-5-16-3-4-16/h9-12,16H,3-8,13H2,1-2H3,(H,28,31). The fourth-order valence-corrected chi connectivity index (χ4v) is 4.22. The Kier molecular flexibility index (Phi) is 4.83. The first-order valence-electron chi connectivity index (χ1n) is 10.8. The summed E-state index contributed by atoms with van der Waals surface area (Å²) in [6.45, 7) is 4.71. The lowest BCUT2D eigenvalue weighted by atomic mass is 9.97. The minimum absolute atomic E-state index is 0.185. The Bertz CT molecular complexity index is 1120. The van der Waals surface area contributed by atoms with Crippen LogP contribution < -0.4 is 10.2 Å². The molecule has 0 radical (unpaired) electrons. The smallest absolute Gasteiger partial charge is 0.277 e. The van der Waals surface area contributed by atoms with Gasteiger partial charge in [0, 0.05) is 19.2 Å². The molecular formula is C22H26FN7O. The van der Waals surface area contributed by atoms with Gasteiger partial charge in [0.1, 0.15) is 23.0 Å². The number of imidazole rings is 1. The molecule has 2 aliphatic rings. The number of carbonyl (C=O) groups excluding carboxylic acids is 1. The fraction of sp³-hybridized carbons (Fsp3) is 0.500. The second-order valence-corrected chi connectivity index (χ2v) is 8.84. The molecule has 1 atom stereocenters. The third-order valence-electron chi connectivity index (χ3n) is 6.16. The molecule has 4 heterocycles. The minimum Gasteiger partial charge on any atom is -0.352 e. The summed E-state index contributed by atoms with van der Waals surface area (Å²) in [5, 5.41) is 2.76. The van der Waals surface area contributed by atoms with Crippen LogP contribution in [-0.2, 0) is 0 Å². The van der Waals surface area contributed by atoms with Crippen molar-refractivity contribution in [1.82, 2.24) is 24.3 Å². The van der Waals surface area contributed by atoms with Gasteiger partial charge in [-0.15, -0.1) is 0 Å². The van der Waals surface area contributed by atoms with Crippen LogP contribution >= 0.6 is 0 Å². The molecule has 0 spiro atoms. The van der Waals surface area contributed by atoms with Crippen molar-refractivity contribution in [1.29, 1.82) is 0 Å². The van der Waals surface area contributed by atoms with Crippen LogP contribution in [0.1, 0.15) is 54.0 Å². The van der Waals surface area contributed by atoms with E-state index in [1.54, 1.807) is 12.4 Å². The molecule has 9 heteroatoms. The molecular weight excluding hydrogens is 397 g/mol. The zero-order valence-corrected chi connectivity index (χ0v) is 17.8. The number of aryl methyl sites for hydroxylation is 2. The van der Waals surface area contributed by atoms with Crippen molar-refractivity contribution >= 4 is 23.2 Å². The summed E-state index contributed by atoms with van der Waals surface area (Å²) in [6.07, 6.45) is 11.2. The van der Waals surface area contributed by atoms with Crippen LogP contribution in [0.5, 0.6) is 0 Å². The molecule has 2 fully saturated rings. The predicted molar refractivity (Wildman–Crippen MR) is 115 cm³/mol. The molecule has 1 N–H and O–H groups in total. The van der Waals surface area contributed by atoms with Gasteiger partial charge in [0.2, 0.25) is 0 Å². The highest BCUT2D eigenvalue weighted by Gasteiger charge is 2.40. The van der Waals surface area contributed by atoms with E-state index in [1.165, 1.54) is 19.0 Å². The van der Waals surface area contributed by atoms with Gasteiger partial charge in [-0.1, -0.05) is 12.8 Å². The molecule has 3 aromatic heterocycles. The first-order chi connectivity index (χ1) is 14.9.